The quantitative estimate of drug-likeness (QED) is 0.235. The normalized spacial score (nSPS) is 14.3. The Hall–Kier alpha value is -5.36. The summed E-state index contributed by atoms with van der Waals surface area (Å²) in [5.74, 6) is -0.273. The van der Waals surface area contributed by atoms with Gasteiger partial charge in [0.25, 0.3) is 11.8 Å². The van der Waals surface area contributed by atoms with Crippen LogP contribution in [0.4, 0.5) is 24.7 Å². The Morgan fingerprint density at radius 1 is 0.857 bits per heavy atom. The van der Waals surface area contributed by atoms with Gasteiger partial charge in [0, 0.05) is 42.3 Å². The van der Waals surface area contributed by atoms with E-state index in [0.717, 1.165) is 22.1 Å². The second kappa shape index (κ2) is 17.2. The first-order valence-corrected chi connectivity index (χ1v) is 15.9. The number of anilines is 2. The maximum atomic E-state index is 13.5. The monoisotopic (exact) mass is 672 g/mol. The summed E-state index contributed by atoms with van der Waals surface area (Å²) < 4.78 is 45.8. The number of benzene rings is 2. The fourth-order valence-electron chi connectivity index (χ4n) is 4.89. The Kier molecular flexibility index (Phi) is 12.8. The Morgan fingerprint density at radius 2 is 1.59 bits per heavy atom. The number of aryl methyl sites for hydroxylation is 1. The van der Waals surface area contributed by atoms with Gasteiger partial charge in [-0.1, -0.05) is 44.2 Å². The molecule has 1 saturated heterocycles. The molecule has 1 N–H and O–H groups in total. The van der Waals surface area contributed by atoms with Gasteiger partial charge >= 0.3 is 6.18 Å². The Bertz CT molecular complexity index is 1750. The molecule has 0 unspecified atom stereocenters. The topological polar surface area (TPSA) is 100 Å². The van der Waals surface area contributed by atoms with E-state index in [2.05, 4.69) is 20.3 Å². The average Bonchev–Trinajstić information content (AvgIpc) is 3.13. The number of rotatable bonds is 5. The van der Waals surface area contributed by atoms with Gasteiger partial charge in [0.05, 0.1) is 25.1 Å². The minimum Gasteiger partial charge on any atom is -0.378 e. The van der Waals surface area contributed by atoms with Gasteiger partial charge < -0.3 is 19.9 Å². The second-order valence-corrected chi connectivity index (χ2v) is 10.8. The van der Waals surface area contributed by atoms with Crippen molar-refractivity contribution in [3.05, 3.63) is 120 Å². The summed E-state index contributed by atoms with van der Waals surface area (Å²) in [6.07, 6.45) is 1.31. The number of amides is 2. The van der Waals surface area contributed by atoms with E-state index in [4.69, 9.17) is 4.74 Å². The zero-order chi connectivity index (χ0) is 35.4. The number of aliphatic imine (C=N–C) groups is 1. The van der Waals surface area contributed by atoms with E-state index in [1.54, 1.807) is 41.4 Å². The van der Waals surface area contributed by atoms with E-state index >= 15 is 0 Å². The maximum Gasteiger partial charge on any atom is 0.431 e. The Morgan fingerprint density at radius 3 is 2.18 bits per heavy atom. The molecule has 9 nitrogen and oxygen atoms in total. The molecule has 4 aromatic rings. The summed E-state index contributed by atoms with van der Waals surface area (Å²) in [6.45, 7) is 9.54. The number of ether oxygens (including phenoxy) is 1. The van der Waals surface area contributed by atoms with E-state index in [0.29, 0.717) is 43.1 Å². The molecule has 0 saturated carbocycles. The highest BCUT2D eigenvalue weighted by Crippen LogP contribution is 2.34. The first-order chi connectivity index (χ1) is 23.6. The van der Waals surface area contributed by atoms with Crippen molar-refractivity contribution in [2.45, 2.75) is 33.9 Å². The van der Waals surface area contributed by atoms with Crippen LogP contribution in [0.3, 0.4) is 0 Å². The molecule has 12 heteroatoms. The summed E-state index contributed by atoms with van der Waals surface area (Å²) in [6, 6.07) is 21.0. The molecule has 49 heavy (non-hydrogen) atoms. The number of pyridine rings is 2. The summed E-state index contributed by atoms with van der Waals surface area (Å²) in [5, 5.41) is 2.68. The zero-order valence-corrected chi connectivity index (χ0v) is 27.9. The molecule has 1 fully saturated rings. The third-order valence-corrected chi connectivity index (χ3v) is 7.39. The van der Waals surface area contributed by atoms with Crippen LogP contribution >= 0.6 is 0 Å². The summed E-state index contributed by atoms with van der Waals surface area (Å²) in [7, 11) is 0. The SMILES string of the molecule is CC.CC1=NCN(c2ccc(NC(=O)c3cccc(-c4ccc(C(=O)N5CCOCC5)cc4)c3)nc2)C(C(F)(F)F)=C1.Cc1cccnc1. The Labute approximate surface area is 284 Å². The lowest BCUT2D eigenvalue weighted by atomic mass is 10.0. The molecule has 0 aliphatic carbocycles. The first-order valence-electron chi connectivity index (χ1n) is 15.9. The molecule has 2 aromatic heterocycles. The van der Waals surface area contributed by atoms with E-state index in [1.165, 1.54) is 30.8 Å². The number of aromatic nitrogens is 2. The van der Waals surface area contributed by atoms with Gasteiger partial charge in [-0.25, -0.2) is 4.98 Å². The summed E-state index contributed by atoms with van der Waals surface area (Å²) >= 11 is 0. The average molecular weight is 673 g/mol. The van der Waals surface area contributed by atoms with Gasteiger partial charge in [0.2, 0.25) is 0 Å². The zero-order valence-electron chi connectivity index (χ0n) is 27.9. The van der Waals surface area contributed by atoms with E-state index in [-0.39, 0.29) is 24.1 Å². The number of nitrogens with one attached hydrogen (secondary N) is 1. The van der Waals surface area contributed by atoms with Crippen LogP contribution in [-0.4, -0.2) is 71.5 Å². The van der Waals surface area contributed by atoms with Gasteiger partial charge in [0.15, 0.2) is 0 Å². The molecule has 2 aromatic carbocycles. The van der Waals surface area contributed by atoms with Gasteiger partial charge in [-0.15, -0.1) is 0 Å². The van der Waals surface area contributed by atoms with Crippen molar-refractivity contribution in [1.82, 2.24) is 14.9 Å². The second-order valence-electron chi connectivity index (χ2n) is 10.8. The van der Waals surface area contributed by atoms with Crippen molar-refractivity contribution in [1.29, 1.82) is 0 Å². The number of nitrogens with zero attached hydrogens (tertiary/aromatic N) is 5. The molecule has 0 bridgehead atoms. The number of allylic oxidation sites excluding steroid dienone is 2. The number of hydrogen-bond donors (Lipinski definition) is 1. The van der Waals surface area contributed by atoms with Crippen LogP contribution in [0, 0.1) is 6.92 Å². The lowest BCUT2D eigenvalue weighted by Gasteiger charge is -2.29. The fraction of sp³-hybridized carbons (Fsp3) is 0.270. The van der Waals surface area contributed by atoms with Crippen molar-refractivity contribution in [2.24, 2.45) is 4.99 Å². The predicted molar refractivity (Wildman–Crippen MR) is 186 cm³/mol. The van der Waals surface area contributed by atoms with Gasteiger partial charge in [-0.05, 0) is 79.1 Å². The number of carbonyl (C=O) groups excluding carboxylic acids is 2. The maximum absolute atomic E-state index is 13.5. The van der Waals surface area contributed by atoms with Crippen molar-refractivity contribution < 1.29 is 27.5 Å². The molecule has 0 radical (unpaired) electrons. The molecule has 2 aliphatic heterocycles. The molecule has 2 aliphatic rings. The molecule has 0 spiro atoms. The lowest BCUT2D eigenvalue weighted by molar-refractivity contribution is -0.0934. The van der Waals surface area contributed by atoms with Crippen LogP contribution in [0.5, 0.6) is 0 Å². The largest absolute Gasteiger partial charge is 0.431 e. The van der Waals surface area contributed by atoms with Crippen LogP contribution in [-0.2, 0) is 4.74 Å². The molecule has 2 amide bonds. The molecule has 256 valence electrons. The third kappa shape index (κ3) is 10.1. The van der Waals surface area contributed by atoms with Crippen molar-refractivity contribution in [3.63, 3.8) is 0 Å². The van der Waals surface area contributed by atoms with Crippen molar-refractivity contribution in [3.8, 4) is 11.1 Å². The number of carbonyl (C=O) groups is 2. The minimum atomic E-state index is -4.55. The van der Waals surface area contributed by atoms with E-state index in [1.807, 2.05) is 57.3 Å². The van der Waals surface area contributed by atoms with Gasteiger partial charge in [-0.3, -0.25) is 19.6 Å². The van der Waals surface area contributed by atoms with Crippen LogP contribution in [0.1, 0.15) is 47.1 Å². The van der Waals surface area contributed by atoms with Crippen LogP contribution in [0.2, 0.25) is 0 Å². The molecular formula is C37H39F3N6O3. The van der Waals surface area contributed by atoms with Crippen LogP contribution < -0.4 is 10.2 Å². The molecule has 6 rings (SSSR count). The lowest BCUT2D eigenvalue weighted by Crippen LogP contribution is -2.40. The predicted octanol–water partition coefficient (Wildman–Crippen LogP) is 7.57. The van der Waals surface area contributed by atoms with E-state index in [9.17, 15) is 22.8 Å². The van der Waals surface area contributed by atoms with Crippen LogP contribution in [0.25, 0.3) is 11.1 Å². The van der Waals surface area contributed by atoms with Crippen molar-refractivity contribution >= 4 is 29.0 Å². The standard InChI is InChI=1S/C29H26F3N5O3.C6H7N.C2H6/c1-19-15-25(29(30,31)32)37(18-34-19)24-9-10-26(33-17-24)35-27(38)23-4-2-3-22(16-23)20-5-7-21(8-6-20)28(39)36-11-13-40-14-12-36;1-6-3-2-4-7-5-6;1-2/h2-10,15-17H,11-14,18H2,1H3,(H,33,35,38);2-5H,1H3;1-2H3. The smallest absolute Gasteiger partial charge is 0.378 e. The highest BCUT2D eigenvalue weighted by molar-refractivity contribution is 6.04. The first kappa shape index (κ1) is 36.5. The van der Waals surface area contributed by atoms with Gasteiger partial charge in [-0.2, -0.15) is 13.2 Å². The number of morpholine rings is 1. The Balaban J connectivity index is 0.000000528. The summed E-state index contributed by atoms with van der Waals surface area (Å²) in [5.41, 5.74) is 3.46. The van der Waals surface area contributed by atoms with Gasteiger partial charge in [0.1, 0.15) is 18.2 Å². The highest BCUT2D eigenvalue weighted by Gasteiger charge is 2.39. The number of hydrogen-bond acceptors (Lipinski definition) is 7. The van der Waals surface area contributed by atoms with Crippen LogP contribution in [0.15, 0.2) is 108 Å². The molecular weight excluding hydrogens is 633 g/mol. The number of halogens is 3. The molecule has 4 heterocycles. The third-order valence-electron chi connectivity index (χ3n) is 7.39. The minimum absolute atomic E-state index is 0.0460. The number of alkyl halides is 3. The van der Waals surface area contributed by atoms with Crippen molar-refractivity contribution in [2.75, 3.05) is 43.2 Å². The van der Waals surface area contributed by atoms with E-state index < -0.39 is 17.8 Å². The highest BCUT2D eigenvalue weighted by atomic mass is 19.4. The molecule has 0 atom stereocenters. The fourth-order valence-corrected chi connectivity index (χ4v) is 4.89. The summed E-state index contributed by atoms with van der Waals surface area (Å²) in [4.78, 5) is 40.5.